The third kappa shape index (κ3) is 5.16. The number of rotatable bonds is 6. The molecule has 3 rings (SSSR count). The van der Waals surface area contributed by atoms with E-state index < -0.39 is 0 Å². The van der Waals surface area contributed by atoms with Gasteiger partial charge in [0.05, 0.1) is 0 Å². The highest BCUT2D eigenvalue weighted by Gasteiger charge is 2.43. The molecule has 2 atom stereocenters. The number of halogens is 2. The van der Waals surface area contributed by atoms with Crippen molar-refractivity contribution in [3.05, 3.63) is 63.0 Å². The summed E-state index contributed by atoms with van der Waals surface area (Å²) in [5.74, 6) is 0.243. The SMILES string of the molecule is O=C(CCNC(=O)C1CC1c1ccc(Br)cc1)Nc1ccc(Br)cc1. The van der Waals surface area contributed by atoms with Crippen molar-refractivity contribution in [2.24, 2.45) is 5.92 Å². The molecule has 0 aromatic heterocycles. The molecule has 130 valence electrons. The Hall–Kier alpha value is -1.66. The highest BCUT2D eigenvalue weighted by molar-refractivity contribution is 9.10. The molecule has 6 heteroatoms. The van der Waals surface area contributed by atoms with Crippen LogP contribution in [0.15, 0.2) is 57.5 Å². The average molecular weight is 466 g/mol. The Morgan fingerprint density at radius 1 is 0.960 bits per heavy atom. The van der Waals surface area contributed by atoms with Crippen LogP contribution in [0.5, 0.6) is 0 Å². The number of hydrogen-bond donors (Lipinski definition) is 2. The van der Waals surface area contributed by atoms with Crippen LogP contribution in [-0.2, 0) is 9.59 Å². The zero-order valence-corrected chi connectivity index (χ0v) is 16.6. The van der Waals surface area contributed by atoms with Crippen molar-refractivity contribution in [3.8, 4) is 0 Å². The van der Waals surface area contributed by atoms with E-state index in [9.17, 15) is 9.59 Å². The van der Waals surface area contributed by atoms with E-state index in [-0.39, 0.29) is 24.2 Å². The second-order valence-electron chi connectivity index (χ2n) is 6.10. The predicted molar refractivity (Wildman–Crippen MR) is 105 cm³/mol. The lowest BCUT2D eigenvalue weighted by Crippen LogP contribution is -2.29. The van der Waals surface area contributed by atoms with Crippen molar-refractivity contribution in [3.63, 3.8) is 0 Å². The van der Waals surface area contributed by atoms with Crippen LogP contribution in [-0.4, -0.2) is 18.4 Å². The van der Waals surface area contributed by atoms with E-state index in [0.717, 1.165) is 21.1 Å². The highest BCUT2D eigenvalue weighted by Crippen LogP contribution is 2.47. The fourth-order valence-corrected chi connectivity index (χ4v) is 3.28. The quantitative estimate of drug-likeness (QED) is 0.661. The Bertz CT molecular complexity index is 760. The van der Waals surface area contributed by atoms with Gasteiger partial charge in [-0.1, -0.05) is 44.0 Å². The topological polar surface area (TPSA) is 58.2 Å². The second kappa shape index (κ2) is 8.15. The van der Waals surface area contributed by atoms with Gasteiger partial charge in [-0.3, -0.25) is 9.59 Å². The number of amides is 2. The summed E-state index contributed by atoms with van der Waals surface area (Å²) in [4.78, 5) is 24.1. The number of hydrogen-bond acceptors (Lipinski definition) is 2. The zero-order chi connectivity index (χ0) is 17.8. The molecule has 2 amide bonds. The lowest BCUT2D eigenvalue weighted by atomic mass is 10.1. The smallest absolute Gasteiger partial charge is 0.226 e. The molecule has 0 spiro atoms. The molecule has 1 fully saturated rings. The van der Waals surface area contributed by atoms with Gasteiger partial charge < -0.3 is 10.6 Å². The van der Waals surface area contributed by atoms with Crippen LogP contribution in [0.4, 0.5) is 5.69 Å². The van der Waals surface area contributed by atoms with E-state index >= 15 is 0 Å². The monoisotopic (exact) mass is 464 g/mol. The zero-order valence-electron chi connectivity index (χ0n) is 13.5. The van der Waals surface area contributed by atoms with Crippen molar-refractivity contribution in [1.29, 1.82) is 0 Å². The minimum atomic E-state index is -0.108. The summed E-state index contributed by atoms with van der Waals surface area (Å²) in [7, 11) is 0. The van der Waals surface area contributed by atoms with E-state index in [1.165, 1.54) is 5.56 Å². The van der Waals surface area contributed by atoms with E-state index in [4.69, 9.17) is 0 Å². The van der Waals surface area contributed by atoms with Crippen molar-refractivity contribution in [2.75, 3.05) is 11.9 Å². The first kappa shape index (κ1) is 18.1. The van der Waals surface area contributed by atoms with Crippen LogP contribution in [0.25, 0.3) is 0 Å². The third-order valence-corrected chi connectivity index (χ3v) is 5.26. The van der Waals surface area contributed by atoms with E-state index in [1.807, 2.05) is 48.5 Å². The van der Waals surface area contributed by atoms with Gasteiger partial charge in [0, 0.05) is 33.5 Å². The van der Waals surface area contributed by atoms with Crippen LogP contribution in [0.2, 0.25) is 0 Å². The van der Waals surface area contributed by atoms with Crippen molar-refractivity contribution >= 4 is 49.4 Å². The number of carbonyl (C=O) groups is 2. The van der Waals surface area contributed by atoms with Crippen LogP contribution < -0.4 is 10.6 Å². The third-order valence-electron chi connectivity index (χ3n) is 4.20. The second-order valence-corrected chi connectivity index (χ2v) is 7.93. The molecule has 0 heterocycles. The number of anilines is 1. The average Bonchev–Trinajstić information content (AvgIpc) is 3.38. The summed E-state index contributed by atoms with van der Waals surface area (Å²) in [5.41, 5.74) is 1.94. The first-order valence-corrected chi connectivity index (χ1v) is 9.70. The highest BCUT2D eigenvalue weighted by atomic mass is 79.9. The fourth-order valence-electron chi connectivity index (χ4n) is 2.75. The normalized spacial score (nSPS) is 18.5. The number of benzene rings is 2. The van der Waals surface area contributed by atoms with Gasteiger partial charge in [0.25, 0.3) is 0 Å². The minimum Gasteiger partial charge on any atom is -0.355 e. The molecule has 1 saturated carbocycles. The number of carbonyl (C=O) groups excluding carboxylic acids is 2. The first-order valence-electron chi connectivity index (χ1n) is 8.11. The molecule has 2 aromatic rings. The largest absolute Gasteiger partial charge is 0.355 e. The van der Waals surface area contributed by atoms with Gasteiger partial charge in [0.15, 0.2) is 0 Å². The molecular formula is C19H18Br2N2O2. The predicted octanol–water partition coefficient (Wildman–Crippen LogP) is 4.46. The van der Waals surface area contributed by atoms with Gasteiger partial charge >= 0.3 is 0 Å². The molecule has 0 radical (unpaired) electrons. The van der Waals surface area contributed by atoms with Crippen molar-refractivity contribution in [1.82, 2.24) is 5.32 Å². The van der Waals surface area contributed by atoms with E-state index in [0.29, 0.717) is 12.5 Å². The summed E-state index contributed by atoms with van der Waals surface area (Å²) in [6, 6.07) is 15.5. The molecule has 2 aromatic carbocycles. The first-order chi connectivity index (χ1) is 12.0. The Morgan fingerprint density at radius 3 is 2.20 bits per heavy atom. The molecule has 2 N–H and O–H groups in total. The van der Waals surface area contributed by atoms with Crippen LogP contribution >= 0.6 is 31.9 Å². The molecule has 0 saturated heterocycles. The van der Waals surface area contributed by atoms with Crippen molar-refractivity contribution < 1.29 is 9.59 Å². The van der Waals surface area contributed by atoms with Gasteiger partial charge in [0.1, 0.15) is 0 Å². The van der Waals surface area contributed by atoms with Gasteiger partial charge in [-0.05, 0) is 54.3 Å². The molecule has 1 aliphatic carbocycles. The standard InChI is InChI=1S/C19H18Br2N2O2/c20-13-3-1-12(2-4-13)16-11-17(16)19(25)22-10-9-18(24)23-15-7-5-14(21)6-8-15/h1-8,16-17H,9-11H2,(H,22,25)(H,23,24). The maximum atomic E-state index is 12.2. The molecular weight excluding hydrogens is 448 g/mol. The number of nitrogens with one attached hydrogen (secondary N) is 2. The maximum Gasteiger partial charge on any atom is 0.226 e. The minimum absolute atomic E-state index is 0.0238. The molecule has 4 nitrogen and oxygen atoms in total. The Balaban J connectivity index is 1.39. The molecule has 0 aliphatic heterocycles. The van der Waals surface area contributed by atoms with Gasteiger partial charge in [-0.2, -0.15) is 0 Å². The summed E-state index contributed by atoms with van der Waals surface area (Å²) in [5, 5.41) is 5.68. The Morgan fingerprint density at radius 2 is 1.56 bits per heavy atom. The van der Waals surface area contributed by atoms with E-state index in [2.05, 4.69) is 42.5 Å². The molecule has 25 heavy (non-hydrogen) atoms. The van der Waals surface area contributed by atoms with E-state index in [1.54, 1.807) is 0 Å². The maximum absolute atomic E-state index is 12.2. The lowest BCUT2D eigenvalue weighted by molar-refractivity contribution is -0.122. The molecule has 1 aliphatic rings. The summed E-state index contributed by atoms with van der Waals surface area (Å²) in [6.07, 6.45) is 1.13. The molecule has 2 unspecified atom stereocenters. The Labute approximate surface area is 163 Å². The van der Waals surface area contributed by atoms with Crippen LogP contribution in [0, 0.1) is 5.92 Å². The summed E-state index contributed by atoms with van der Waals surface area (Å²) in [6.45, 7) is 0.352. The Kier molecular flexibility index (Phi) is 5.91. The lowest BCUT2D eigenvalue weighted by Gasteiger charge is -2.07. The molecule has 0 bridgehead atoms. The van der Waals surface area contributed by atoms with Crippen LogP contribution in [0.1, 0.15) is 24.3 Å². The van der Waals surface area contributed by atoms with Crippen LogP contribution in [0.3, 0.4) is 0 Å². The summed E-state index contributed by atoms with van der Waals surface area (Å²) < 4.78 is 2.00. The van der Waals surface area contributed by atoms with Gasteiger partial charge in [-0.15, -0.1) is 0 Å². The fraction of sp³-hybridized carbons (Fsp3) is 0.263. The summed E-state index contributed by atoms with van der Waals surface area (Å²) >= 11 is 6.77. The van der Waals surface area contributed by atoms with Gasteiger partial charge in [0.2, 0.25) is 11.8 Å². The van der Waals surface area contributed by atoms with Crippen molar-refractivity contribution in [2.45, 2.75) is 18.8 Å². The van der Waals surface area contributed by atoms with Gasteiger partial charge in [-0.25, -0.2) is 0 Å².